The molecule has 1 amide bonds. The lowest BCUT2D eigenvalue weighted by Gasteiger charge is -2.19. The van der Waals surface area contributed by atoms with Crippen molar-refractivity contribution in [3.8, 4) is 0 Å². The average molecular weight is 358 g/mol. The maximum absolute atomic E-state index is 12.5. The molecule has 2 rings (SSSR count). The van der Waals surface area contributed by atoms with Crippen LogP contribution in [0.2, 0.25) is 5.02 Å². The molecule has 1 heterocycles. The number of amides is 1. The first-order valence-corrected chi connectivity index (χ1v) is 8.68. The molecule has 0 aliphatic rings. The van der Waals surface area contributed by atoms with Gasteiger partial charge >= 0.3 is 0 Å². The third-order valence-electron chi connectivity index (χ3n) is 3.17. The number of halogens is 1. The number of hydrogen-bond donors (Lipinski definition) is 2. The van der Waals surface area contributed by atoms with Crippen molar-refractivity contribution in [1.29, 1.82) is 0 Å². The molecular formula is C13H16ClN5O3S. The minimum atomic E-state index is -3.68. The molecular weight excluding hydrogens is 342 g/mol. The lowest BCUT2D eigenvalue weighted by atomic mass is 10.2. The van der Waals surface area contributed by atoms with E-state index in [1.54, 1.807) is 13.8 Å². The third-order valence-corrected chi connectivity index (χ3v) is 5.55. The first kappa shape index (κ1) is 17.4. The highest BCUT2D eigenvalue weighted by atomic mass is 35.5. The normalized spacial score (nSPS) is 11.7. The minimum Gasteiger partial charge on any atom is -0.291 e. The fraction of sp³-hybridized carbons (Fsp3) is 0.308. The Morgan fingerprint density at radius 1 is 1.35 bits per heavy atom. The zero-order valence-corrected chi connectivity index (χ0v) is 14.1. The highest BCUT2D eigenvalue weighted by Gasteiger charge is 2.24. The number of nitrogens with one attached hydrogen (secondary N) is 2. The number of anilines is 1. The van der Waals surface area contributed by atoms with Crippen LogP contribution >= 0.6 is 11.6 Å². The Balaban J connectivity index is 2.37. The number of H-pyrrole nitrogens is 1. The summed E-state index contributed by atoms with van der Waals surface area (Å²) < 4.78 is 26.3. The van der Waals surface area contributed by atoms with Crippen molar-refractivity contribution in [2.45, 2.75) is 18.7 Å². The molecule has 124 valence electrons. The SMILES string of the molecule is CCN(CC)S(=O)(=O)c1ccc(Cl)c(C(=O)Nc2ncn[nH]2)c1. The van der Waals surface area contributed by atoms with E-state index in [0.29, 0.717) is 13.1 Å². The van der Waals surface area contributed by atoms with Crippen molar-refractivity contribution in [3.63, 3.8) is 0 Å². The van der Waals surface area contributed by atoms with Gasteiger partial charge in [-0.1, -0.05) is 25.4 Å². The van der Waals surface area contributed by atoms with E-state index in [-0.39, 0.29) is 21.4 Å². The van der Waals surface area contributed by atoms with Crippen LogP contribution in [0.15, 0.2) is 29.4 Å². The van der Waals surface area contributed by atoms with Gasteiger partial charge < -0.3 is 0 Å². The first-order valence-electron chi connectivity index (χ1n) is 6.86. The summed E-state index contributed by atoms with van der Waals surface area (Å²) in [5.74, 6) is -0.439. The van der Waals surface area contributed by atoms with Gasteiger partial charge in [0.1, 0.15) is 6.33 Å². The van der Waals surface area contributed by atoms with E-state index in [9.17, 15) is 13.2 Å². The zero-order valence-electron chi connectivity index (χ0n) is 12.6. The lowest BCUT2D eigenvalue weighted by Crippen LogP contribution is -2.30. The Hall–Kier alpha value is -1.97. The van der Waals surface area contributed by atoms with Crippen LogP contribution < -0.4 is 5.32 Å². The van der Waals surface area contributed by atoms with Crippen molar-refractivity contribution >= 4 is 33.5 Å². The summed E-state index contributed by atoms with van der Waals surface area (Å²) >= 11 is 6.01. The van der Waals surface area contributed by atoms with Crippen LogP contribution in [0.5, 0.6) is 0 Å². The fourth-order valence-electron chi connectivity index (χ4n) is 1.99. The highest BCUT2D eigenvalue weighted by molar-refractivity contribution is 7.89. The van der Waals surface area contributed by atoms with E-state index in [4.69, 9.17) is 11.6 Å². The van der Waals surface area contributed by atoms with Gasteiger partial charge in [-0.2, -0.15) is 14.4 Å². The molecule has 0 aliphatic carbocycles. The number of aromatic nitrogens is 3. The molecule has 23 heavy (non-hydrogen) atoms. The van der Waals surface area contributed by atoms with Crippen molar-refractivity contribution in [1.82, 2.24) is 19.5 Å². The van der Waals surface area contributed by atoms with E-state index in [1.807, 2.05) is 0 Å². The molecule has 1 aromatic carbocycles. The summed E-state index contributed by atoms with van der Waals surface area (Å²) in [5, 5.41) is 8.68. The Kier molecular flexibility index (Phi) is 5.34. The number of benzene rings is 1. The monoisotopic (exact) mass is 357 g/mol. The Labute approximate surface area is 138 Å². The number of hydrogen-bond acceptors (Lipinski definition) is 5. The van der Waals surface area contributed by atoms with Gasteiger partial charge in [0.05, 0.1) is 15.5 Å². The van der Waals surface area contributed by atoms with Crippen LogP contribution in [0.1, 0.15) is 24.2 Å². The Morgan fingerprint density at radius 2 is 2.04 bits per heavy atom. The zero-order chi connectivity index (χ0) is 17.0. The molecule has 0 bridgehead atoms. The standard InChI is InChI=1S/C13H16ClN5O3S/c1-3-19(4-2)23(21,22)9-5-6-11(14)10(7-9)12(20)17-13-15-8-16-18-13/h5-8H,3-4H2,1-2H3,(H2,15,16,17,18,20). The quantitative estimate of drug-likeness (QED) is 0.818. The van der Waals surface area contributed by atoms with Crippen LogP contribution in [-0.2, 0) is 10.0 Å². The number of carbonyl (C=O) groups excluding carboxylic acids is 1. The summed E-state index contributed by atoms with van der Waals surface area (Å²) in [6, 6.07) is 4.01. The number of aromatic amines is 1. The summed E-state index contributed by atoms with van der Waals surface area (Å²) in [6.45, 7) is 4.16. The van der Waals surface area contributed by atoms with Crippen molar-refractivity contribution in [3.05, 3.63) is 35.1 Å². The van der Waals surface area contributed by atoms with E-state index in [2.05, 4.69) is 20.5 Å². The van der Waals surface area contributed by atoms with Gasteiger partial charge in [-0.05, 0) is 18.2 Å². The van der Waals surface area contributed by atoms with Gasteiger partial charge in [-0.15, -0.1) is 0 Å². The third kappa shape index (κ3) is 3.69. The van der Waals surface area contributed by atoms with Crippen LogP contribution in [0, 0.1) is 0 Å². The molecule has 0 saturated carbocycles. The van der Waals surface area contributed by atoms with Gasteiger partial charge in [0.25, 0.3) is 5.91 Å². The van der Waals surface area contributed by atoms with Crippen LogP contribution in [0.25, 0.3) is 0 Å². The molecule has 2 N–H and O–H groups in total. The smallest absolute Gasteiger partial charge is 0.259 e. The highest BCUT2D eigenvalue weighted by Crippen LogP contribution is 2.23. The predicted molar refractivity (Wildman–Crippen MR) is 85.9 cm³/mol. The molecule has 8 nitrogen and oxygen atoms in total. The fourth-order valence-corrected chi connectivity index (χ4v) is 3.68. The van der Waals surface area contributed by atoms with E-state index in [0.717, 1.165) is 0 Å². The summed E-state index contributed by atoms with van der Waals surface area (Å²) in [5.41, 5.74) is 0.0382. The van der Waals surface area contributed by atoms with Gasteiger partial charge in [0.2, 0.25) is 16.0 Å². The Bertz CT molecular complexity index is 788. The number of sulfonamides is 1. The second-order valence-corrected chi connectivity index (χ2v) is 6.86. The molecule has 1 aromatic heterocycles. The van der Waals surface area contributed by atoms with Gasteiger partial charge in [-0.3, -0.25) is 10.1 Å². The lowest BCUT2D eigenvalue weighted by molar-refractivity contribution is 0.102. The Morgan fingerprint density at radius 3 is 2.61 bits per heavy atom. The minimum absolute atomic E-state index is 0.00770. The predicted octanol–water partition coefficient (Wildman–Crippen LogP) is 1.74. The van der Waals surface area contributed by atoms with Crippen LogP contribution in [-0.4, -0.2) is 46.9 Å². The van der Waals surface area contributed by atoms with Crippen LogP contribution in [0.4, 0.5) is 5.95 Å². The maximum Gasteiger partial charge on any atom is 0.259 e. The van der Waals surface area contributed by atoms with Gasteiger partial charge in [-0.25, -0.2) is 13.5 Å². The summed E-state index contributed by atoms with van der Waals surface area (Å²) in [7, 11) is -3.68. The van der Waals surface area contributed by atoms with Crippen LogP contribution in [0.3, 0.4) is 0 Å². The van der Waals surface area contributed by atoms with E-state index in [1.165, 1.54) is 28.8 Å². The molecule has 0 unspecified atom stereocenters. The molecule has 0 saturated heterocycles. The summed E-state index contributed by atoms with van der Waals surface area (Å²) in [6.07, 6.45) is 1.23. The molecule has 2 aromatic rings. The van der Waals surface area contributed by atoms with Crippen molar-refractivity contribution in [2.24, 2.45) is 0 Å². The van der Waals surface area contributed by atoms with E-state index >= 15 is 0 Å². The van der Waals surface area contributed by atoms with Gasteiger partial charge in [0, 0.05) is 13.1 Å². The maximum atomic E-state index is 12.5. The van der Waals surface area contributed by atoms with Crippen molar-refractivity contribution < 1.29 is 13.2 Å². The molecule has 0 fully saturated rings. The number of carbonyl (C=O) groups is 1. The first-order chi connectivity index (χ1) is 10.9. The molecule has 0 aliphatic heterocycles. The second-order valence-electron chi connectivity index (χ2n) is 4.52. The molecule has 10 heteroatoms. The second kappa shape index (κ2) is 7.07. The molecule has 0 atom stereocenters. The number of rotatable bonds is 6. The largest absolute Gasteiger partial charge is 0.291 e. The topological polar surface area (TPSA) is 108 Å². The summed E-state index contributed by atoms with van der Waals surface area (Å²) in [4.78, 5) is 16.0. The molecule has 0 radical (unpaired) electrons. The van der Waals surface area contributed by atoms with E-state index < -0.39 is 15.9 Å². The molecule has 0 spiro atoms. The average Bonchev–Trinajstić information content (AvgIpc) is 3.01. The van der Waals surface area contributed by atoms with Gasteiger partial charge in [0.15, 0.2) is 0 Å². The van der Waals surface area contributed by atoms with Crippen molar-refractivity contribution in [2.75, 3.05) is 18.4 Å². The number of nitrogens with zero attached hydrogens (tertiary/aromatic N) is 3.